The summed E-state index contributed by atoms with van der Waals surface area (Å²) >= 11 is 1.30. The molecule has 7 heteroatoms. The van der Waals surface area contributed by atoms with Crippen LogP contribution in [0.2, 0.25) is 0 Å². The van der Waals surface area contributed by atoms with Crippen LogP contribution in [0.15, 0.2) is 47.9 Å². The van der Waals surface area contributed by atoms with E-state index in [1.807, 2.05) is 56.5 Å². The highest BCUT2D eigenvalue weighted by atomic mass is 32.1. The van der Waals surface area contributed by atoms with E-state index in [-0.39, 0.29) is 12.5 Å². The minimum absolute atomic E-state index is 0.244. The van der Waals surface area contributed by atoms with Crippen LogP contribution in [0.4, 0.5) is 5.00 Å². The maximum Gasteiger partial charge on any atom is 0.341 e. The summed E-state index contributed by atoms with van der Waals surface area (Å²) in [6.45, 7) is 8.66. The molecule has 0 saturated carbocycles. The maximum absolute atomic E-state index is 12.8. The van der Waals surface area contributed by atoms with Crippen molar-refractivity contribution in [3.05, 3.63) is 70.1 Å². The van der Waals surface area contributed by atoms with Crippen LogP contribution in [-0.2, 0) is 9.53 Å². The predicted octanol–water partition coefficient (Wildman–Crippen LogP) is 6.66. The number of thiophene rings is 1. The van der Waals surface area contributed by atoms with Crippen molar-refractivity contribution in [2.24, 2.45) is 0 Å². The highest BCUT2D eigenvalue weighted by Crippen LogP contribution is 2.38. The lowest BCUT2D eigenvalue weighted by molar-refractivity contribution is -0.111. The van der Waals surface area contributed by atoms with Crippen molar-refractivity contribution in [1.29, 1.82) is 0 Å². The number of methoxy groups -OCH3 is 1. The average Bonchev–Trinajstić information content (AvgIpc) is 3.24. The van der Waals surface area contributed by atoms with Gasteiger partial charge in [0.2, 0.25) is 5.91 Å². The summed E-state index contributed by atoms with van der Waals surface area (Å²) in [5.74, 6) is 0.444. The van der Waals surface area contributed by atoms with Crippen molar-refractivity contribution >= 4 is 34.3 Å². The lowest BCUT2D eigenvalue weighted by Crippen LogP contribution is -2.12. The van der Waals surface area contributed by atoms with E-state index < -0.39 is 5.97 Å². The third-order valence-electron chi connectivity index (χ3n) is 5.26. The van der Waals surface area contributed by atoms with Gasteiger partial charge in [0.25, 0.3) is 0 Å². The normalized spacial score (nSPS) is 10.9. The Balaban J connectivity index is 1.84. The molecule has 1 aromatic heterocycles. The molecule has 6 nitrogen and oxygen atoms in total. The van der Waals surface area contributed by atoms with Crippen LogP contribution in [0, 0.1) is 13.8 Å². The topological polar surface area (TPSA) is 73.9 Å². The lowest BCUT2D eigenvalue weighted by atomic mass is 9.97. The molecule has 0 radical (unpaired) electrons. The number of hydrogen-bond donors (Lipinski definition) is 1. The highest BCUT2D eigenvalue weighted by Gasteiger charge is 2.23. The highest BCUT2D eigenvalue weighted by molar-refractivity contribution is 7.15. The van der Waals surface area contributed by atoms with Crippen molar-refractivity contribution in [3.8, 4) is 22.6 Å². The second-order valence-electron chi connectivity index (χ2n) is 7.97. The van der Waals surface area contributed by atoms with Crippen LogP contribution < -0.4 is 14.8 Å². The molecule has 0 aliphatic rings. The first-order valence-corrected chi connectivity index (χ1v) is 12.4. The smallest absolute Gasteiger partial charge is 0.341 e. The molecule has 1 N–H and O–H groups in total. The van der Waals surface area contributed by atoms with Crippen molar-refractivity contribution in [1.82, 2.24) is 0 Å². The van der Waals surface area contributed by atoms with Crippen LogP contribution in [0.3, 0.4) is 0 Å². The Morgan fingerprint density at radius 1 is 1.03 bits per heavy atom. The van der Waals surface area contributed by atoms with Gasteiger partial charge in [-0.05, 0) is 62.1 Å². The van der Waals surface area contributed by atoms with Crippen molar-refractivity contribution in [2.75, 3.05) is 25.6 Å². The molecule has 184 valence electrons. The number of ether oxygens (including phenoxy) is 3. The fraction of sp³-hybridized carbons (Fsp3) is 0.286. The summed E-state index contributed by atoms with van der Waals surface area (Å²) in [6, 6.07) is 11.5. The number of anilines is 1. The minimum atomic E-state index is -0.463. The number of hydrogen-bond acceptors (Lipinski definition) is 6. The van der Waals surface area contributed by atoms with E-state index in [1.54, 1.807) is 20.1 Å². The van der Waals surface area contributed by atoms with Gasteiger partial charge in [-0.3, -0.25) is 4.79 Å². The van der Waals surface area contributed by atoms with Gasteiger partial charge in [-0.15, -0.1) is 11.3 Å². The molecule has 1 heterocycles. The van der Waals surface area contributed by atoms with Gasteiger partial charge in [-0.2, -0.15) is 0 Å². The second-order valence-corrected chi connectivity index (χ2v) is 8.85. The molecule has 0 bridgehead atoms. The first kappa shape index (κ1) is 26.0. The predicted molar refractivity (Wildman–Crippen MR) is 142 cm³/mol. The number of carbonyl (C=O) groups is 2. The van der Waals surface area contributed by atoms with Crippen LogP contribution in [0.5, 0.6) is 11.5 Å². The Morgan fingerprint density at radius 2 is 1.83 bits per heavy atom. The molecule has 35 heavy (non-hydrogen) atoms. The first-order chi connectivity index (χ1) is 16.9. The molecule has 2 aromatic carbocycles. The number of benzene rings is 2. The summed E-state index contributed by atoms with van der Waals surface area (Å²) < 4.78 is 16.4. The zero-order chi connectivity index (χ0) is 25.4. The fourth-order valence-corrected chi connectivity index (χ4v) is 4.57. The average molecular weight is 494 g/mol. The molecule has 0 atom stereocenters. The summed E-state index contributed by atoms with van der Waals surface area (Å²) in [5, 5.41) is 5.18. The zero-order valence-corrected chi connectivity index (χ0v) is 21.6. The van der Waals surface area contributed by atoms with E-state index in [2.05, 4.69) is 11.4 Å². The number of nitrogens with one attached hydrogen (secondary N) is 1. The van der Waals surface area contributed by atoms with Crippen molar-refractivity contribution < 1.29 is 23.8 Å². The number of amides is 1. The molecule has 0 saturated heterocycles. The Bertz CT molecular complexity index is 1230. The third-order valence-corrected chi connectivity index (χ3v) is 6.15. The number of carbonyl (C=O) groups excluding carboxylic acids is 2. The van der Waals surface area contributed by atoms with E-state index >= 15 is 0 Å². The van der Waals surface area contributed by atoms with Crippen LogP contribution in [-0.4, -0.2) is 32.2 Å². The van der Waals surface area contributed by atoms with Crippen molar-refractivity contribution in [3.63, 3.8) is 0 Å². The van der Waals surface area contributed by atoms with E-state index in [0.29, 0.717) is 28.7 Å². The second kappa shape index (κ2) is 12.2. The Morgan fingerprint density at radius 3 is 2.51 bits per heavy atom. The number of esters is 1. The molecule has 0 fully saturated rings. The minimum Gasteiger partial charge on any atom is -0.493 e. The van der Waals surface area contributed by atoms with E-state index in [4.69, 9.17) is 14.2 Å². The summed E-state index contributed by atoms with van der Waals surface area (Å²) in [4.78, 5) is 25.6. The zero-order valence-electron chi connectivity index (χ0n) is 20.8. The van der Waals surface area contributed by atoms with Gasteiger partial charge in [0, 0.05) is 17.0 Å². The van der Waals surface area contributed by atoms with Gasteiger partial charge in [-0.1, -0.05) is 36.8 Å². The molecular weight excluding hydrogens is 462 g/mol. The molecule has 3 rings (SSSR count). The first-order valence-electron chi connectivity index (χ1n) is 11.5. The summed E-state index contributed by atoms with van der Waals surface area (Å²) in [7, 11) is 1.58. The number of rotatable bonds is 10. The molecule has 0 spiro atoms. The third kappa shape index (κ3) is 6.51. The van der Waals surface area contributed by atoms with Gasteiger partial charge < -0.3 is 19.5 Å². The molecule has 0 aliphatic heterocycles. The molecular formula is C28H31NO5S. The Kier molecular flexibility index (Phi) is 9.09. The van der Waals surface area contributed by atoms with Gasteiger partial charge >= 0.3 is 5.97 Å². The Hall–Kier alpha value is -3.58. The van der Waals surface area contributed by atoms with Crippen molar-refractivity contribution in [2.45, 2.75) is 34.1 Å². The lowest BCUT2D eigenvalue weighted by Gasteiger charge is -2.11. The SMILES string of the molecule is CCCOc1ccc(/C=C/C(=O)Nc2scc(-c3ccc(C)cc3C)c2C(=O)OCC)cc1OC. The van der Waals surface area contributed by atoms with E-state index in [0.717, 1.165) is 34.2 Å². The summed E-state index contributed by atoms with van der Waals surface area (Å²) in [5.41, 5.74) is 5.02. The van der Waals surface area contributed by atoms with Crippen LogP contribution in [0.1, 0.15) is 47.3 Å². The molecule has 1 amide bonds. The molecule has 0 unspecified atom stereocenters. The molecule has 0 aliphatic carbocycles. The quantitative estimate of drug-likeness (QED) is 0.253. The van der Waals surface area contributed by atoms with Gasteiger partial charge in [-0.25, -0.2) is 4.79 Å². The van der Waals surface area contributed by atoms with Crippen LogP contribution in [0.25, 0.3) is 17.2 Å². The fourth-order valence-electron chi connectivity index (χ4n) is 3.61. The van der Waals surface area contributed by atoms with Gasteiger partial charge in [0.1, 0.15) is 10.6 Å². The Labute approximate surface area is 210 Å². The van der Waals surface area contributed by atoms with Gasteiger partial charge in [0.05, 0.1) is 20.3 Å². The van der Waals surface area contributed by atoms with E-state index in [1.165, 1.54) is 17.4 Å². The largest absolute Gasteiger partial charge is 0.493 e. The van der Waals surface area contributed by atoms with E-state index in [9.17, 15) is 9.59 Å². The van der Waals surface area contributed by atoms with Crippen LogP contribution >= 0.6 is 11.3 Å². The molecule has 3 aromatic rings. The monoisotopic (exact) mass is 493 g/mol. The van der Waals surface area contributed by atoms with Gasteiger partial charge in [0.15, 0.2) is 11.5 Å². The maximum atomic E-state index is 12.8. The standard InChI is InChI=1S/C28H31NO5S/c1-6-14-34-23-12-9-20(16-24(23)32-5)10-13-25(30)29-27-26(28(31)33-7-2)22(17-35-27)21-11-8-18(3)15-19(21)4/h8-13,15-17H,6-7,14H2,1-5H3,(H,29,30)/b13-10+. The number of aryl methyl sites for hydroxylation is 2. The summed E-state index contributed by atoms with van der Waals surface area (Å²) in [6.07, 6.45) is 4.00.